The zero-order valence-electron chi connectivity index (χ0n) is 8.95. The van der Waals surface area contributed by atoms with Crippen LogP contribution in [0.4, 0.5) is 0 Å². The topological polar surface area (TPSA) is 69.6 Å². The third-order valence-electron chi connectivity index (χ3n) is 2.20. The number of hydrogen-bond donors (Lipinski definition) is 3. The second-order valence-corrected chi connectivity index (χ2v) is 3.87. The van der Waals surface area contributed by atoms with Crippen LogP contribution in [0.3, 0.4) is 0 Å². The van der Waals surface area contributed by atoms with E-state index in [9.17, 15) is 9.90 Å². The molecule has 0 aliphatic carbocycles. The molecule has 82 valence electrons. The van der Waals surface area contributed by atoms with Gasteiger partial charge >= 0.3 is 5.97 Å². The van der Waals surface area contributed by atoms with Crippen molar-refractivity contribution in [3.63, 3.8) is 0 Å². The van der Waals surface area contributed by atoms with Crippen molar-refractivity contribution in [2.75, 3.05) is 27.7 Å². The van der Waals surface area contributed by atoms with E-state index >= 15 is 0 Å². The molecule has 0 aliphatic rings. The van der Waals surface area contributed by atoms with Crippen LogP contribution in [-0.4, -0.2) is 54.4 Å². The Morgan fingerprint density at radius 1 is 1.50 bits per heavy atom. The number of carbonyl (C=O) groups is 1. The molecule has 0 spiro atoms. The monoisotopic (exact) mass is 203 g/mol. The molecule has 0 aromatic rings. The standard InChI is InChI=1S/C9H18N2O3/c1-7(12)11(3,4)6-8(10-2)5-9(13)14/h8,10H,1,5-6H2,2-4H3,(H-,12,13,14)/p+1. The number of carboxylic acids is 1. The lowest BCUT2D eigenvalue weighted by atomic mass is 10.2. The quantitative estimate of drug-likeness (QED) is 0.425. The van der Waals surface area contributed by atoms with E-state index in [0.29, 0.717) is 6.54 Å². The van der Waals surface area contributed by atoms with Gasteiger partial charge in [0.1, 0.15) is 6.54 Å². The predicted molar refractivity (Wildman–Crippen MR) is 53.8 cm³/mol. The highest BCUT2D eigenvalue weighted by Crippen LogP contribution is 2.08. The van der Waals surface area contributed by atoms with Gasteiger partial charge < -0.3 is 15.5 Å². The zero-order valence-corrected chi connectivity index (χ0v) is 8.95. The molecule has 1 unspecified atom stereocenters. The molecule has 5 heteroatoms. The molecule has 0 radical (unpaired) electrons. The summed E-state index contributed by atoms with van der Waals surface area (Å²) in [6.45, 7) is 3.93. The van der Waals surface area contributed by atoms with E-state index in [-0.39, 0.29) is 22.8 Å². The van der Waals surface area contributed by atoms with Crippen LogP contribution < -0.4 is 5.32 Å². The Balaban J connectivity index is 4.30. The Morgan fingerprint density at radius 2 is 2.00 bits per heavy atom. The molecule has 5 nitrogen and oxygen atoms in total. The molecule has 0 aromatic carbocycles. The lowest BCUT2D eigenvalue weighted by molar-refractivity contribution is -0.868. The van der Waals surface area contributed by atoms with Crippen LogP contribution in [0.15, 0.2) is 12.5 Å². The van der Waals surface area contributed by atoms with Crippen LogP contribution in [0.1, 0.15) is 6.42 Å². The van der Waals surface area contributed by atoms with E-state index in [1.807, 2.05) is 0 Å². The van der Waals surface area contributed by atoms with Gasteiger partial charge in [-0.1, -0.05) is 0 Å². The van der Waals surface area contributed by atoms with Gasteiger partial charge in [0.05, 0.1) is 26.6 Å². The lowest BCUT2D eigenvalue weighted by Crippen LogP contribution is -2.48. The minimum atomic E-state index is -0.854. The molecule has 0 bridgehead atoms. The number of aliphatic hydroxyl groups excluding tert-OH is 1. The van der Waals surface area contributed by atoms with Crippen LogP contribution >= 0.6 is 0 Å². The van der Waals surface area contributed by atoms with Crippen molar-refractivity contribution < 1.29 is 19.5 Å². The van der Waals surface area contributed by atoms with Crippen LogP contribution in [0.5, 0.6) is 0 Å². The molecule has 0 aliphatic heterocycles. The van der Waals surface area contributed by atoms with Crippen LogP contribution in [0, 0.1) is 0 Å². The van der Waals surface area contributed by atoms with Gasteiger partial charge in [-0.05, 0) is 7.05 Å². The van der Waals surface area contributed by atoms with Gasteiger partial charge in [-0.3, -0.25) is 9.28 Å². The van der Waals surface area contributed by atoms with Gasteiger partial charge in [-0.15, -0.1) is 0 Å². The molecule has 0 aromatic heterocycles. The SMILES string of the molecule is C=C(O)[N+](C)(C)CC(CC(=O)O)NC. The van der Waals surface area contributed by atoms with Crippen molar-refractivity contribution in [2.45, 2.75) is 12.5 Å². The van der Waals surface area contributed by atoms with Crippen molar-refractivity contribution in [3.8, 4) is 0 Å². The summed E-state index contributed by atoms with van der Waals surface area (Å²) in [6, 6.07) is -0.175. The number of aliphatic carboxylic acids is 1. The number of likely N-dealkylation sites (N-methyl/N-ethyl adjacent to an activating group) is 2. The first-order valence-electron chi connectivity index (χ1n) is 4.40. The maximum atomic E-state index is 10.5. The summed E-state index contributed by atoms with van der Waals surface area (Å²) in [5.41, 5.74) is 0. The summed E-state index contributed by atoms with van der Waals surface area (Å²) in [7, 11) is 5.25. The van der Waals surface area contributed by atoms with Crippen molar-refractivity contribution in [1.82, 2.24) is 5.32 Å². The molecule has 0 rings (SSSR count). The normalized spacial score (nSPS) is 13.6. The minimum Gasteiger partial charge on any atom is -0.481 e. The average Bonchev–Trinajstić information content (AvgIpc) is 2.01. The third kappa shape index (κ3) is 4.25. The maximum Gasteiger partial charge on any atom is 0.305 e. The second kappa shape index (κ2) is 4.97. The zero-order chi connectivity index (χ0) is 11.4. The first kappa shape index (κ1) is 12.9. The summed E-state index contributed by atoms with van der Waals surface area (Å²) < 4.78 is 0.193. The molecule has 1 atom stereocenters. The van der Waals surface area contributed by atoms with E-state index in [1.54, 1.807) is 21.1 Å². The third-order valence-corrected chi connectivity index (χ3v) is 2.20. The van der Waals surface area contributed by atoms with E-state index in [4.69, 9.17) is 5.11 Å². The Bertz CT molecular complexity index is 226. The molecule has 14 heavy (non-hydrogen) atoms. The highest BCUT2D eigenvalue weighted by Gasteiger charge is 2.25. The van der Waals surface area contributed by atoms with Gasteiger partial charge in [0.2, 0.25) is 0 Å². The van der Waals surface area contributed by atoms with Crippen molar-refractivity contribution >= 4 is 5.97 Å². The fraction of sp³-hybridized carbons (Fsp3) is 0.667. The molecular formula is C9H19N2O3+. The summed E-state index contributed by atoms with van der Waals surface area (Å²) in [4.78, 5) is 10.5. The maximum absolute atomic E-state index is 10.5. The van der Waals surface area contributed by atoms with Gasteiger partial charge in [0.15, 0.2) is 0 Å². The van der Waals surface area contributed by atoms with E-state index < -0.39 is 5.97 Å². The number of hydrogen-bond acceptors (Lipinski definition) is 3. The first-order valence-corrected chi connectivity index (χ1v) is 4.40. The van der Waals surface area contributed by atoms with E-state index in [1.165, 1.54) is 0 Å². The minimum absolute atomic E-state index is 0.0237. The smallest absolute Gasteiger partial charge is 0.305 e. The van der Waals surface area contributed by atoms with E-state index in [2.05, 4.69) is 11.9 Å². The number of rotatable bonds is 6. The fourth-order valence-corrected chi connectivity index (χ4v) is 1.13. The van der Waals surface area contributed by atoms with Gasteiger partial charge in [0, 0.05) is 6.58 Å². The van der Waals surface area contributed by atoms with Gasteiger partial charge in [0.25, 0.3) is 5.88 Å². The van der Waals surface area contributed by atoms with Gasteiger partial charge in [-0.25, -0.2) is 0 Å². The van der Waals surface area contributed by atoms with Crippen molar-refractivity contribution in [3.05, 3.63) is 12.5 Å². The molecular weight excluding hydrogens is 184 g/mol. The number of aliphatic hydroxyl groups is 1. The highest BCUT2D eigenvalue weighted by atomic mass is 16.4. The number of carboxylic acid groups (broad SMARTS) is 1. The Morgan fingerprint density at radius 3 is 2.29 bits per heavy atom. The number of quaternary nitrogens is 1. The molecule has 0 saturated carbocycles. The Labute approximate surface area is 84.2 Å². The first-order chi connectivity index (χ1) is 6.29. The van der Waals surface area contributed by atoms with Crippen molar-refractivity contribution in [2.24, 2.45) is 0 Å². The molecule has 3 N–H and O–H groups in total. The molecule has 0 amide bonds. The fourth-order valence-electron chi connectivity index (χ4n) is 1.13. The lowest BCUT2D eigenvalue weighted by Gasteiger charge is -2.30. The predicted octanol–water partition coefficient (Wildman–Crippen LogP) is 0.155. The number of nitrogens with one attached hydrogen (secondary N) is 1. The Hall–Kier alpha value is -1.07. The van der Waals surface area contributed by atoms with Crippen LogP contribution in [-0.2, 0) is 4.79 Å². The Kier molecular flexibility index (Phi) is 4.59. The van der Waals surface area contributed by atoms with Crippen LogP contribution in [0.2, 0.25) is 0 Å². The van der Waals surface area contributed by atoms with E-state index in [0.717, 1.165) is 0 Å². The summed E-state index contributed by atoms with van der Waals surface area (Å²) in [5.74, 6) is -0.830. The summed E-state index contributed by atoms with van der Waals surface area (Å²) in [6.07, 6.45) is 0.0332. The summed E-state index contributed by atoms with van der Waals surface area (Å²) in [5, 5.41) is 20.8. The largest absolute Gasteiger partial charge is 0.481 e. The molecule has 0 saturated heterocycles. The molecule has 0 fully saturated rings. The van der Waals surface area contributed by atoms with Crippen molar-refractivity contribution in [1.29, 1.82) is 0 Å². The second-order valence-electron chi connectivity index (χ2n) is 3.87. The highest BCUT2D eigenvalue weighted by molar-refractivity contribution is 5.67. The summed E-state index contributed by atoms with van der Waals surface area (Å²) >= 11 is 0. The number of nitrogens with zero attached hydrogens (tertiary/aromatic N) is 1. The average molecular weight is 203 g/mol. The van der Waals surface area contributed by atoms with Gasteiger partial charge in [-0.2, -0.15) is 0 Å². The van der Waals surface area contributed by atoms with Crippen LogP contribution in [0.25, 0.3) is 0 Å². The molecule has 0 heterocycles.